The largest absolute Gasteiger partial charge is 0.456 e. The van der Waals surface area contributed by atoms with Gasteiger partial charge in [0, 0.05) is 31.1 Å². The summed E-state index contributed by atoms with van der Waals surface area (Å²) in [6.45, 7) is 3.12. The Kier molecular flexibility index (Phi) is 3.97. The van der Waals surface area contributed by atoms with Gasteiger partial charge in [-0.3, -0.25) is 0 Å². The number of hydrogen-bond acceptors (Lipinski definition) is 4. The molecule has 0 amide bonds. The van der Waals surface area contributed by atoms with Crippen LogP contribution in [0, 0.1) is 5.82 Å². The SMILES string of the molecule is CN1CCN(C)C(CC(N)c2cc3cccc(F)c3o2)C1. The van der Waals surface area contributed by atoms with E-state index in [0.29, 0.717) is 17.4 Å². The molecule has 2 aromatic rings. The van der Waals surface area contributed by atoms with E-state index in [0.717, 1.165) is 31.4 Å². The van der Waals surface area contributed by atoms with Crippen molar-refractivity contribution in [1.29, 1.82) is 0 Å². The lowest BCUT2D eigenvalue weighted by Crippen LogP contribution is -2.50. The maximum atomic E-state index is 13.7. The first-order valence-corrected chi connectivity index (χ1v) is 7.37. The molecule has 1 aliphatic rings. The lowest BCUT2D eigenvalue weighted by molar-refractivity contribution is 0.102. The predicted octanol–water partition coefficient (Wildman–Crippen LogP) is 2.21. The van der Waals surface area contributed by atoms with Crippen LogP contribution in [0.5, 0.6) is 0 Å². The minimum absolute atomic E-state index is 0.212. The number of furan rings is 1. The van der Waals surface area contributed by atoms with Crippen LogP contribution in [0.4, 0.5) is 4.39 Å². The fraction of sp³-hybridized carbons (Fsp3) is 0.500. The minimum Gasteiger partial charge on any atom is -0.456 e. The maximum Gasteiger partial charge on any atom is 0.169 e. The van der Waals surface area contributed by atoms with Crippen molar-refractivity contribution in [2.24, 2.45) is 5.73 Å². The highest BCUT2D eigenvalue weighted by Gasteiger charge is 2.26. The Morgan fingerprint density at radius 3 is 2.95 bits per heavy atom. The monoisotopic (exact) mass is 291 g/mol. The summed E-state index contributed by atoms with van der Waals surface area (Å²) in [4.78, 5) is 4.65. The highest BCUT2D eigenvalue weighted by atomic mass is 19.1. The number of fused-ring (bicyclic) bond motifs is 1. The van der Waals surface area contributed by atoms with Crippen LogP contribution in [0.1, 0.15) is 18.2 Å². The average molecular weight is 291 g/mol. The molecule has 2 N–H and O–H groups in total. The fourth-order valence-electron chi connectivity index (χ4n) is 3.00. The number of nitrogens with zero attached hydrogens (tertiary/aromatic N) is 2. The Hall–Kier alpha value is -1.43. The second kappa shape index (κ2) is 5.75. The minimum atomic E-state index is -0.333. The van der Waals surface area contributed by atoms with Crippen LogP contribution >= 0.6 is 0 Å². The van der Waals surface area contributed by atoms with Gasteiger partial charge in [0.05, 0.1) is 6.04 Å². The van der Waals surface area contributed by atoms with Gasteiger partial charge < -0.3 is 20.0 Å². The lowest BCUT2D eigenvalue weighted by atomic mass is 10.0. The fourth-order valence-corrected chi connectivity index (χ4v) is 3.00. The third kappa shape index (κ3) is 2.95. The topological polar surface area (TPSA) is 45.6 Å². The van der Waals surface area contributed by atoms with Crippen molar-refractivity contribution in [1.82, 2.24) is 9.80 Å². The second-order valence-corrected chi connectivity index (χ2v) is 6.05. The molecular weight excluding hydrogens is 269 g/mol. The number of rotatable bonds is 3. The summed E-state index contributed by atoms with van der Waals surface area (Å²) in [6, 6.07) is 6.98. The van der Waals surface area contributed by atoms with Crippen molar-refractivity contribution in [3.05, 3.63) is 35.8 Å². The van der Waals surface area contributed by atoms with Crippen molar-refractivity contribution in [3.63, 3.8) is 0 Å². The van der Waals surface area contributed by atoms with Crippen LogP contribution in [0.2, 0.25) is 0 Å². The number of halogens is 1. The zero-order chi connectivity index (χ0) is 15.0. The Morgan fingerprint density at radius 2 is 2.19 bits per heavy atom. The molecule has 0 radical (unpaired) electrons. The van der Waals surface area contributed by atoms with Gasteiger partial charge in [-0.1, -0.05) is 12.1 Å². The van der Waals surface area contributed by atoms with Crippen LogP contribution in [-0.2, 0) is 0 Å². The molecule has 2 unspecified atom stereocenters. The van der Waals surface area contributed by atoms with E-state index in [-0.39, 0.29) is 11.9 Å². The molecule has 0 bridgehead atoms. The van der Waals surface area contributed by atoms with Crippen LogP contribution < -0.4 is 5.73 Å². The third-order valence-corrected chi connectivity index (χ3v) is 4.39. The van der Waals surface area contributed by atoms with Crippen LogP contribution in [0.3, 0.4) is 0 Å². The molecule has 1 saturated heterocycles. The molecule has 1 aromatic heterocycles. The van der Waals surface area contributed by atoms with E-state index in [9.17, 15) is 4.39 Å². The second-order valence-electron chi connectivity index (χ2n) is 6.05. The average Bonchev–Trinajstić information content (AvgIpc) is 2.88. The smallest absolute Gasteiger partial charge is 0.169 e. The molecule has 2 heterocycles. The first kappa shape index (κ1) is 14.5. The first-order valence-electron chi connectivity index (χ1n) is 7.37. The summed E-state index contributed by atoms with van der Waals surface area (Å²) in [6.07, 6.45) is 0.808. The van der Waals surface area contributed by atoms with Crippen LogP contribution in [0.15, 0.2) is 28.7 Å². The van der Waals surface area contributed by atoms with Gasteiger partial charge >= 0.3 is 0 Å². The molecule has 114 valence electrons. The normalized spacial score (nSPS) is 22.8. The van der Waals surface area contributed by atoms with Gasteiger partial charge in [-0.2, -0.15) is 0 Å². The molecule has 2 atom stereocenters. The van der Waals surface area contributed by atoms with Gasteiger partial charge in [0.2, 0.25) is 0 Å². The summed E-state index contributed by atoms with van der Waals surface area (Å²) >= 11 is 0. The van der Waals surface area contributed by atoms with E-state index in [1.54, 1.807) is 6.07 Å². The van der Waals surface area contributed by atoms with Gasteiger partial charge in [-0.15, -0.1) is 0 Å². The summed E-state index contributed by atoms with van der Waals surface area (Å²) in [5.41, 5.74) is 6.59. The molecule has 21 heavy (non-hydrogen) atoms. The number of nitrogens with two attached hydrogens (primary N) is 1. The molecular formula is C16H22FN3O. The quantitative estimate of drug-likeness (QED) is 0.942. The highest BCUT2D eigenvalue weighted by molar-refractivity contribution is 5.78. The van der Waals surface area contributed by atoms with E-state index < -0.39 is 0 Å². The Labute approximate surface area is 124 Å². The van der Waals surface area contributed by atoms with E-state index in [4.69, 9.17) is 10.2 Å². The van der Waals surface area contributed by atoms with E-state index in [1.165, 1.54) is 6.07 Å². The van der Waals surface area contributed by atoms with Gasteiger partial charge in [0.1, 0.15) is 5.76 Å². The van der Waals surface area contributed by atoms with Crippen LogP contribution in [-0.4, -0.2) is 49.6 Å². The van der Waals surface area contributed by atoms with Gasteiger partial charge in [0.25, 0.3) is 0 Å². The standard InChI is InChI=1S/C16H22FN3O/c1-19-6-7-20(2)12(10-19)9-14(18)15-8-11-4-3-5-13(17)16(11)21-15/h3-5,8,12,14H,6-7,9-10,18H2,1-2H3. The van der Waals surface area contributed by atoms with E-state index >= 15 is 0 Å². The highest BCUT2D eigenvalue weighted by Crippen LogP contribution is 2.28. The summed E-state index contributed by atoms with van der Waals surface area (Å²) in [5, 5.41) is 0.773. The van der Waals surface area contributed by atoms with Crippen LogP contribution in [0.25, 0.3) is 11.0 Å². The number of piperazine rings is 1. The lowest BCUT2D eigenvalue weighted by Gasteiger charge is -2.38. The first-order chi connectivity index (χ1) is 10.0. The molecule has 0 aliphatic carbocycles. The molecule has 0 spiro atoms. The molecule has 1 aliphatic heterocycles. The maximum absolute atomic E-state index is 13.7. The number of benzene rings is 1. The predicted molar refractivity (Wildman–Crippen MR) is 81.6 cm³/mol. The zero-order valence-electron chi connectivity index (χ0n) is 12.6. The van der Waals surface area contributed by atoms with Gasteiger partial charge in [-0.05, 0) is 32.6 Å². The Morgan fingerprint density at radius 1 is 1.38 bits per heavy atom. The zero-order valence-corrected chi connectivity index (χ0v) is 12.6. The summed E-state index contributed by atoms with van der Waals surface area (Å²) < 4.78 is 19.3. The van der Waals surface area contributed by atoms with E-state index in [1.807, 2.05) is 12.1 Å². The molecule has 0 saturated carbocycles. The molecule has 3 rings (SSSR count). The van der Waals surface area contributed by atoms with Crippen molar-refractivity contribution in [2.75, 3.05) is 33.7 Å². The third-order valence-electron chi connectivity index (χ3n) is 4.39. The number of hydrogen-bond donors (Lipinski definition) is 1. The number of likely N-dealkylation sites (N-methyl/N-ethyl adjacent to an activating group) is 2. The molecule has 4 nitrogen and oxygen atoms in total. The molecule has 1 aromatic carbocycles. The number of para-hydroxylation sites is 1. The van der Waals surface area contributed by atoms with Crippen molar-refractivity contribution in [2.45, 2.75) is 18.5 Å². The van der Waals surface area contributed by atoms with Gasteiger partial charge in [0.15, 0.2) is 11.4 Å². The Balaban J connectivity index is 1.77. The summed E-state index contributed by atoms with van der Waals surface area (Å²) in [5.74, 6) is 0.331. The Bertz CT molecular complexity index is 627. The molecule has 5 heteroatoms. The van der Waals surface area contributed by atoms with Crippen molar-refractivity contribution in [3.8, 4) is 0 Å². The summed E-state index contributed by atoms with van der Waals surface area (Å²) in [7, 11) is 4.25. The van der Waals surface area contributed by atoms with Crippen molar-refractivity contribution >= 4 is 11.0 Å². The molecule has 1 fully saturated rings. The van der Waals surface area contributed by atoms with E-state index in [2.05, 4.69) is 23.9 Å². The van der Waals surface area contributed by atoms with Crippen molar-refractivity contribution < 1.29 is 8.81 Å². The van der Waals surface area contributed by atoms with Gasteiger partial charge in [-0.25, -0.2) is 4.39 Å².